The SMILES string of the molecule is COc1ccc(N(C)C(=O)c2ccc3ccccc3c2)cc1. The molecule has 0 aromatic heterocycles. The van der Waals surface area contributed by atoms with E-state index in [1.54, 1.807) is 19.1 Å². The Morgan fingerprint density at radius 3 is 2.27 bits per heavy atom. The van der Waals surface area contributed by atoms with Crippen LogP contribution in [0.15, 0.2) is 66.7 Å². The van der Waals surface area contributed by atoms with Crippen LogP contribution in [0.1, 0.15) is 10.4 Å². The van der Waals surface area contributed by atoms with Crippen LogP contribution >= 0.6 is 0 Å². The number of carbonyl (C=O) groups is 1. The van der Waals surface area contributed by atoms with E-state index >= 15 is 0 Å². The number of hydrogen-bond acceptors (Lipinski definition) is 2. The second-order valence-electron chi connectivity index (χ2n) is 5.12. The number of nitrogens with zero attached hydrogens (tertiary/aromatic N) is 1. The molecule has 0 bridgehead atoms. The first-order valence-corrected chi connectivity index (χ1v) is 7.10. The molecule has 3 heteroatoms. The monoisotopic (exact) mass is 291 g/mol. The Balaban J connectivity index is 1.90. The van der Waals surface area contributed by atoms with Gasteiger partial charge in [0, 0.05) is 18.3 Å². The molecule has 0 aliphatic carbocycles. The number of ether oxygens (including phenoxy) is 1. The predicted molar refractivity (Wildman–Crippen MR) is 89.7 cm³/mol. The smallest absolute Gasteiger partial charge is 0.258 e. The number of carbonyl (C=O) groups excluding carboxylic acids is 1. The number of hydrogen-bond donors (Lipinski definition) is 0. The van der Waals surface area contributed by atoms with Gasteiger partial charge in [-0.3, -0.25) is 4.79 Å². The van der Waals surface area contributed by atoms with Gasteiger partial charge in [0.1, 0.15) is 5.75 Å². The van der Waals surface area contributed by atoms with E-state index in [0.717, 1.165) is 22.2 Å². The Labute approximate surface area is 129 Å². The molecule has 0 radical (unpaired) electrons. The van der Waals surface area contributed by atoms with Crippen LogP contribution in [-0.2, 0) is 0 Å². The molecule has 1 amide bonds. The van der Waals surface area contributed by atoms with Gasteiger partial charge in [-0.15, -0.1) is 0 Å². The minimum atomic E-state index is -0.0316. The first-order valence-electron chi connectivity index (χ1n) is 7.10. The van der Waals surface area contributed by atoms with Crippen molar-refractivity contribution >= 4 is 22.4 Å². The van der Waals surface area contributed by atoms with Crippen LogP contribution < -0.4 is 9.64 Å². The molecular formula is C19H17NO2. The van der Waals surface area contributed by atoms with E-state index in [2.05, 4.69) is 0 Å². The highest BCUT2D eigenvalue weighted by atomic mass is 16.5. The van der Waals surface area contributed by atoms with Crippen molar-refractivity contribution in [2.75, 3.05) is 19.1 Å². The Morgan fingerprint density at radius 1 is 0.909 bits per heavy atom. The average Bonchev–Trinajstić information content (AvgIpc) is 2.60. The van der Waals surface area contributed by atoms with Gasteiger partial charge in [0.2, 0.25) is 0 Å². The summed E-state index contributed by atoms with van der Waals surface area (Å²) in [5, 5.41) is 2.20. The van der Waals surface area contributed by atoms with Gasteiger partial charge in [-0.05, 0) is 47.2 Å². The largest absolute Gasteiger partial charge is 0.497 e. The van der Waals surface area contributed by atoms with E-state index in [0.29, 0.717) is 5.56 Å². The van der Waals surface area contributed by atoms with Crippen LogP contribution in [0.3, 0.4) is 0 Å². The summed E-state index contributed by atoms with van der Waals surface area (Å²) in [6.07, 6.45) is 0. The minimum absolute atomic E-state index is 0.0316. The lowest BCUT2D eigenvalue weighted by Crippen LogP contribution is -2.26. The van der Waals surface area contributed by atoms with Crippen LogP contribution in [0.25, 0.3) is 10.8 Å². The lowest BCUT2D eigenvalue weighted by molar-refractivity contribution is 0.0993. The van der Waals surface area contributed by atoms with Gasteiger partial charge in [-0.25, -0.2) is 0 Å². The second-order valence-corrected chi connectivity index (χ2v) is 5.12. The Hall–Kier alpha value is -2.81. The molecule has 3 rings (SSSR count). The maximum absolute atomic E-state index is 12.6. The maximum atomic E-state index is 12.6. The van der Waals surface area contributed by atoms with Crippen LogP contribution in [0.2, 0.25) is 0 Å². The molecule has 0 atom stereocenters. The minimum Gasteiger partial charge on any atom is -0.497 e. The van der Waals surface area contributed by atoms with Gasteiger partial charge in [-0.1, -0.05) is 30.3 Å². The molecule has 3 aromatic rings. The number of amides is 1. The average molecular weight is 291 g/mol. The fourth-order valence-electron chi connectivity index (χ4n) is 2.44. The summed E-state index contributed by atoms with van der Waals surface area (Å²) < 4.78 is 5.14. The lowest BCUT2D eigenvalue weighted by Gasteiger charge is -2.18. The van der Waals surface area contributed by atoms with Gasteiger partial charge < -0.3 is 9.64 Å². The fourth-order valence-corrected chi connectivity index (χ4v) is 2.44. The summed E-state index contributed by atoms with van der Waals surface area (Å²) in [6, 6.07) is 21.2. The van der Waals surface area contributed by atoms with E-state index < -0.39 is 0 Å². The summed E-state index contributed by atoms with van der Waals surface area (Å²) in [4.78, 5) is 14.3. The highest BCUT2D eigenvalue weighted by molar-refractivity contribution is 6.07. The summed E-state index contributed by atoms with van der Waals surface area (Å²) in [6.45, 7) is 0. The van der Waals surface area contributed by atoms with E-state index in [9.17, 15) is 4.79 Å². The Kier molecular flexibility index (Phi) is 3.79. The third kappa shape index (κ3) is 2.66. The first kappa shape index (κ1) is 14.1. The van der Waals surface area contributed by atoms with E-state index in [1.807, 2.05) is 66.7 Å². The zero-order valence-electron chi connectivity index (χ0n) is 12.6. The lowest BCUT2D eigenvalue weighted by atomic mass is 10.1. The molecule has 0 spiro atoms. The summed E-state index contributed by atoms with van der Waals surface area (Å²) in [5.74, 6) is 0.742. The molecule has 0 saturated carbocycles. The van der Waals surface area contributed by atoms with Crippen molar-refractivity contribution in [3.8, 4) is 5.75 Å². The maximum Gasteiger partial charge on any atom is 0.258 e. The molecule has 0 aliphatic heterocycles. The highest BCUT2D eigenvalue weighted by Gasteiger charge is 2.13. The summed E-state index contributed by atoms with van der Waals surface area (Å²) in [7, 11) is 3.40. The van der Waals surface area contributed by atoms with E-state index in [4.69, 9.17) is 4.74 Å². The first-order chi connectivity index (χ1) is 10.7. The summed E-state index contributed by atoms with van der Waals surface area (Å²) >= 11 is 0. The molecule has 3 aromatic carbocycles. The van der Waals surface area contributed by atoms with Crippen molar-refractivity contribution in [1.82, 2.24) is 0 Å². The molecule has 110 valence electrons. The highest BCUT2D eigenvalue weighted by Crippen LogP contribution is 2.21. The molecular weight excluding hydrogens is 274 g/mol. The van der Waals surface area contributed by atoms with Crippen LogP contribution in [-0.4, -0.2) is 20.1 Å². The number of methoxy groups -OCH3 is 1. The zero-order chi connectivity index (χ0) is 15.5. The number of benzene rings is 3. The quantitative estimate of drug-likeness (QED) is 0.726. The van der Waals surface area contributed by atoms with Crippen LogP contribution in [0, 0.1) is 0 Å². The van der Waals surface area contributed by atoms with Crippen molar-refractivity contribution in [3.05, 3.63) is 72.3 Å². The standard InChI is InChI=1S/C19H17NO2/c1-20(17-9-11-18(22-2)12-10-17)19(21)16-8-7-14-5-3-4-6-15(14)13-16/h3-13H,1-2H3. The molecule has 22 heavy (non-hydrogen) atoms. The third-order valence-corrected chi connectivity index (χ3v) is 3.76. The van der Waals surface area contributed by atoms with Crippen molar-refractivity contribution < 1.29 is 9.53 Å². The van der Waals surface area contributed by atoms with Gasteiger partial charge in [0.05, 0.1) is 7.11 Å². The van der Waals surface area contributed by atoms with Crippen molar-refractivity contribution in [3.63, 3.8) is 0 Å². The fraction of sp³-hybridized carbons (Fsp3) is 0.105. The molecule has 3 nitrogen and oxygen atoms in total. The molecule has 0 fully saturated rings. The van der Waals surface area contributed by atoms with Gasteiger partial charge in [0.25, 0.3) is 5.91 Å². The van der Waals surface area contributed by atoms with E-state index in [-0.39, 0.29) is 5.91 Å². The predicted octanol–water partition coefficient (Wildman–Crippen LogP) is 4.13. The number of fused-ring (bicyclic) bond motifs is 1. The van der Waals surface area contributed by atoms with Crippen LogP contribution in [0.5, 0.6) is 5.75 Å². The molecule has 0 unspecified atom stereocenters. The normalized spacial score (nSPS) is 10.5. The number of rotatable bonds is 3. The molecule has 0 saturated heterocycles. The summed E-state index contributed by atoms with van der Waals surface area (Å²) in [5.41, 5.74) is 1.51. The van der Waals surface area contributed by atoms with Gasteiger partial charge >= 0.3 is 0 Å². The molecule has 0 aliphatic rings. The Morgan fingerprint density at radius 2 is 1.59 bits per heavy atom. The molecule has 0 N–H and O–H groups in total. The van der Waals surface area contributed by atoms with Gasteiger partial charge in [0.15, 0.2) is 0 Å². The second kappa shape index (κ2) is 5.90. The van der Waals surface area contributed by atoms with E-state index in [1.165, 1.54) is 0 Å². The van der Waals surface area contributed by atoms with Crippen molar-refractivity contribution in [1.29, 1.82) is 0 Å². The number of anilines is 1. The van der Waals surface area contributed by atoms with Crippen LogP contribution in [0.4, 0.5) is 5.69 Å². The Bertz CT molecular complexity index is 809. The third-order valence-electron chi connectivity index (χ3n) is 3.76. The zero-order valence-corrected chi connectivity index (χ0v) is 12.6. The van der Waals surface area contributed by atoms with Crippen molar-refractivity contribution in [2.45, 2.75) is 0 Å². The topological polar surface area (TPSA) is 29.5 Å². The van der Waals surface area contributed by atoms with Crippen molar-refractivity contribution in [2.24, 2.45) is 0 Å². The molecule has 0 heterocycles. The van der Waals surface area contributed by atoms with Gasteiger partial charge in [-0.2, -0.15) is 0 Å².